The van der Waals surface area contributed by atoms with Crippen molar-refractivity contribution >= 4 is 27.4 Å². The van der Waals surface area contributed by atoms with Gasteiger partial charge in [0.15, 0.2) is 5.43 Å². The number of hydrogen-bond donors (Lipinski definition) is 1. The molecule has 0 bridgehead atoms. The molecule has 1 aromatic heterocycles. The fourth-order valence-corrected chi connectivity index (χ4v) is 2.87. The normalized spacial score (nSPS) is 11.2. The third-order valence-electron chi connectivity index (χ3n) is 4.18. The van der Waals surface area contributed by atoms with Gasteiger partial charge in [-0.3, -0.25) is 4.79 Å². The van der Waals surface area contributed by atoms with Gasteiger partial charge in [-0.15, -0.1) is 0 Å². The molecule has 2 N–H and O–H groups in total. The summed E-state index contributed by atoms with van der Waals surface area (Å²) in [6, 6.07) is 18.8. The molecule has 0 saturated heterocycles. The maximum atomic E-state index is 12.6. The largest absolute Gasteiger partial charge is 0.456 e. The highest BCUT2D eigenvalue weighted by Crippen LogP contribution is 2.28. The minimum atomic E-state index is -0.0443. The summed E-state index contributed by atoms with van der Waals surface area (Å²) in [5.41, 5.74) is 9.00. The number of aryl methyl sites for hydroxylation is 1. The van der Waals surface area contributed by atoms with Gasteiger partial charge in [0.05, 0.1) is 5.39 Å². The van der Waals surface area contributed by atoms with E-state index in [1.54, 1.807) is 6.07 Å². The van der Waals surface area contributed by atoms with Crippen LogP contribution in [0.2, 0.25) is 0 Å². The molecule has 3 aromatic carbocycles. The van der Waals surface area contributed by atoms with E-state index in [0.717, 1.165) is 21.9 Å². The molecule has 0 spiro atoms. The van der Waals surface area contributed by atoms with Gasteiger partial charge in [-0.1, -0.05) is 42.5 Å². The predicted octanol–water partition coefficient (Wildman–Crippen LogP) is 4.50. The zero-order valence-corrected chi connectivity index (χ0v) is 12.7. The van der Waals surface area contributed by atoms with Crippen LogP contribution in [0.5, 0.6) is 0 Å². The van der Waals surface area contributed by atoms with Crippen molar-refractivity contribution in [3.8, 4) is 11.3 Å². The highest BCUT2D eigenvalue weighted by atomic mass is 16.3. The highest BCUT2D eigenvalue weighted by molar-refractivity contribution is 6.05. The molecule has 1 heterocycles. The van der Waals surface area contributed by atoms with Crippen LogP contribution < -0.4 is 11.2 Å². The van der Waals surface area contributed by atoms with Gasteiger partial charge in [-0.05, 0) is 35.4 Å². The molecule has 0 aliphatic carbocycles. The van der Waals surface area contributed by atoms with Crippen LogP contribution >= 0.6 is 0 Å². The topological polar surface area (TPSA) is 56.2 Å². The predicted molar refractivity (Wildman–Crippen MR) is 94.6 cm³/mol. The van der Waals surface area contributed by atoms with E-state index in [4.69, 9.17) is 10.2 Å². The summed E-state index contributed by atoms with van der Waals surface area (Å²) < 4.78 is 5.98. The maximum Gasteiger partial charge on any atom is 0.193 e. The lowest BCUT2D eigenvalue weighted by Crippen LogP contribution is -2.01. The number of benzene rings is 3. The molecule has 4 rings (SSSR count). The second-order valence-electron chi connectivity index (χ2n) is 5.71. The van der Waals surface area contributed by atoms with Crippen LogP contribution in [-0.2, 0) is 0 Å². The van der Waals surface area contributed by atoms with E-state index in [1.807, 2.05) is 61.5 Å². The van der Waals surface area contributed by atoms with E-state index in [1.165, 1.54) is 0 Å². The van der Waals surface area contributed by atoms with E-state index in [9.17, 15) is 4.79 Å². The Balaban J connectivity index is 2.02. The first kappa shape index (κ1) is 13.6. The third kappa shape index (κ3) is 2.18. The first-order valence-corrected chi connectivity index (χ1v) is 7.45. The molecule has 3 heteroatoms. The van der Waals surface area contributed by atoms with Gasteiger partial charge < -0.3 is 10.2 Å². The van der Waals surface area contributed by atoms with E-state index in [2.05, 4.69) is 0 Å². The Morgan fingerprint density at radius 2 is 1.78 bits per heavy atom. The summed E-state index contributed by atoms with van der Waals surface area (Å²) in [6.45, 7) is 1.95. The summed E-state index contributed by atoms with van der Waals surface area (Å²) in [4.78, 5) is 12.6. The molecule has 3 nitrogen and oxygen atoms in total. The number of anilines is 1. The quantitative estimate of drug-likeness (QED) is 0.416. The minimum absolute atomic E-state index is 0.0443. The van der Waals surface area contributed by atoms with E-state index < -0.39 is 0 Å². The molecule has 0 unspecified atom stereocenters. The number of nitrogen functional groups attached to an aromatic ring is 1. The Labute approximate surface area is 133 Å². The summed E-state index contributed by atoms with van der Waals surface area (Å²) in [6.07, 6.45) is 0. The molecular weight excluding hydrogens is 286 g/mol. The first-order chi connectivity index (χ1) is 11.1. The molecule has 112 valence electrons. The smallest absolute Gasteiger partial charge is 0.193 e. The van der Waals surface area contributed by atoms with Gasteiger partial charge in [0.25, 0.3) is 0 Å². The first-order valence-electron chi connectivity index (χ1n) is 7.45. The molecular formula is C20H15NO2. The van der Waals surface area contributed by atoms with Crippen molar-refractivity contribution in [1.29, 1.82) is 0 Å². The Morgan fingerprint density at radius 3 is 2.61 bits per heavy atom. The minimum Gasteiger partial charge on any atom is -0.456 e. The van der Waals surface area contributed by atoms with Gasteiger partial charge >= 0.3 is 0 Å². The molecule has 4 aromatic rings. The van der Waals surface area contributed by atoms with Crippen molar-refractivity contribution in [1.82, 2.24) is 0 Å². The lowest BCUT2D eigenvalue weighted by molar-refractivity contribution is 0.619. The van der Waals surface area contributed by atoms with Gasteiger partial charge in [0.2, 0.25) is 0 Å². The lowest BCUT2D eigenvalue weighted by Gasteiger charge is -2.07. The SMILES string of the molecule is Cc1ccc(-c2cc(=O)c3c(ccc4ccccc43)o2)cc1N. The molecule has 23 heavy (non-hydrogen) atoms. The second-order valence-corrected chi connectivity index (χ2v) is 5.71. The third-order valence-corrected chi connectivity index (χ3v) is 4.18. The van der Waals surface area contributed by atoms with Crippen LogP contribution in [0, 0.1) is 6.92 Å². The lowest BCUT2D eigenvalue weighted by atomic mass is 10.0. The van der Waals surface area contributed by atoms with Gasteiger partial charge in [0.1, 0.15) is 11.3 Å². The number of rotatable bonds is 1. The maximum absolute atomic E-state index is 12.6. The number of hydrogen-bond acceptors (Lipinski definition) is 3. The second kappa shape index (κ2) is 4.99. The van der Waals surface area contributed by atoms with Crippen molar-refractivity contribution < 1.29 is 4.42 Å². The van der Waals surface area contributed by atoms with Gasteiger partial charge in [-0.25, -0.2) is 0 Å². The Hall–Kier alpha value is -3.07. The fourth-order valence-electron chi connectivity index (χ4n) is 2.87. The summed E-state index contributed by atoms with van der Waals surface area (Å²) in [5.74, 6) is 0.532. The van der Waals surface area contributed by atoms with Crippen LogP contribution in [0.4, 0.5) is 5.69 Å². The van der Waals surface area contributed by atoms with Crippen LogP contribution in [0.25, 0.3) is 33.1 Å². The van der Waals surface area contributed by atoms with E-state index >= 15 is 0 Å². The molecule has 0 radical (unpaired) electrons. The molecule has 0 fully saturated rings. The van der Waals surface area contributed by atoms with Crippen molar-refractivity contribution in [3.05, 3.63) is 76.5 Å². The monoisotopic (exact) mass is 301 g/mol. The van der Waals surface area contributed by atoms with Gasteiger partial charge in [-0.2, -0.15) is 0 Å². The van der Waals surface area contributed by atoms with E-state index in [-0.39, 0.29) is 5.43 Å². The summed E-state index contributed by atoms with van der Waals surface area (Å²) >= 11 is 0. The summed E-state index contributed by atoms with van der Waals surface area (Å²) in [5, 5.41) is 2.56. The Kier molecular flexibility index (Phi) is 2.95. The molecule has 0 aliphatic heterocycles. The van der Waals surface area contributed by atoms with Crippen molar-refractivity contribution in [2.45, 2.75) is 6.92 Å². The zero-order chi connectivity index (χ0) is 16.0. The molecule has 0 aliphatic rings. The van der Waals surface area contributed by atoms with Crippen LogP contribution in [-0.4, -0.2) is 0 Å². The summed E-state index contributed by atoms with van der Waals surface area (Å²) in [7, 11) is 0. The standard InChI is InChI=1S/C20H15NO2/c1-12-6-7-14(10-16(12)21)19-11-17(22)20-15-5-3-2-4-13(15)8-9-18(20)23-19/h2-11H,21H2,1H3. The number of nitrogens with two attached hydrogens (primary N) is 1. The van der Waals surface area contributed by atoms with Crippen LogP contribution in [0.15, 0.2) is 69.9 Å². The Bertz CT molecular complexity index is 1110. The molecule has 0 amide bonds. The van der Waals surface area contributed by atoms with E-state index in [0.29, 0.717) is 22.4 Å². The average molecular weight is 301 g/mol. The van der Waals surface area contributed by atoms with Crippen molar-refractivity contribution in [3.63, 3.8) is 0 Å². The van der Waals surface area contributed by atoms with Crippen molar-refractivity contribution in [2.24, 2.45) is 0 Å². The molecule has 0 atom stereocenters. The average Bonchev–Trinajstić information content (AvgIpc) is 2.56. The number of fused-ring (bicyclic) bond motifs is 3. The Morgan fingerprint density at radius 1 is 0.957 bits per heavy atom. The fraction of sp³-hybridized carbons (Fsp3) is 0.0500. The van der Waals surface area contributed by atoms with Crippen LogP contribution in [0.3, 0.4) is 0 Å². The molecule has 0 saturated carbocycles. The van der Waals surface area contributed by atoms with Gasteiger partial charge in [0, 0.05) is 17.3 Å². The van der Waals surface area contributed by atoms with Crippen molar-refractivity contribution in [2.75, 3.05) is 5.73 Å². The van der Waals surface area contributed by atoms with Crippen LogP contribution in [0.1, 0.15) is 5.56 Å². The zero-order valence-electron chi connectivity index (χ0n) is 12.7. The highest BCUT2D eigenvalue weighted by Gasteiger charge is 2.10.